The first-order valence-electron chi connectivity index (χ1n) is 5.87. The van der Waals surface area contributed by atoms with Gasteiger partial charge in [0.1, 0.15) is 4.90 Å². The molecule has 1 aromatic rings. The predicted molar refractivity (Wildman–Crippen MR) is 74.1 cm³/mol. The number of hydrogen-bond donors (Lipinski definition) is 2. The summed E-state index contributed by atoms with van der Waals surface area (Å²) in [6.07, 6.45) is 0. The standard InChI is InChI=1S/C12H16N4O3S/c1-3-16(8-12(17)15-2)20(18,19)11-5-4-9(7-13)6-10(11)14/h4-6H,3,8,14H2,1-2H3,(H,15,17). The molecule has 0 radical (unpaired) electrons. The highest BCUT2D eigenvalue weighted by molar-refractivity contribution is 7.89. The van der Waals surface area contributed by atoms with E-state index in [2.05, 4.69) is 5.32 Å². The number of hydrogen-bond acceptors (Lipinski definition) is 5. The van der Waals surface area contributed by atoms with Crippen molar-refractivity contribution in [3.05, 3.63) is 23.8 Å². The van der Waals surface area contributed by atoms with Crippen LogP contribution in [0.1, 0.15) is 12.5 Å². The number of nitriles is 1. The number of benzene rings is 1. The van der Waals surface area contributed by atoms with Gasteiger partial charge in [-0.05, 0) is 18.2 Å². The first kappa shape index (κ1) is 15.9. The molecule has 1 aromatic carbocycles. The number of amides is 1. The highest BCUT2D eigenvalue weighted by Gasteiger charge is 2.26. The molecule has 0 saturated carbocycles. The van der Waals surface area contributed by atoms with Gasteiger partial charge >= 0.3 is 0 Å². The van der Waals surface area contributed by atoms with Crippen LogP contribution in [0, 0.1) is 11.3 Å². The third kappa shape index (κ3) is 3.26. The Morgan fingerprint density at radius 2 is 2.15 bits per heavy atom. The van der Waals surface area contributed by atoms with Gasteiger partial charge in [0.05, 0.1) is 23.9 Å². The second kappa shape index (κ2) is 6.36. The van der Waals surface area contributed by atoms with E-state index in [-0.39, 0.29) is 29.2 Å². The number of nitrogens with two attached hydrogens (primary N) is 1. The molecule has 0 fully saturated rings. The lowest BCUT2D eigenvalue weighted by atomic mass is 10.2. The van der Waals surface area contributed by atoms with Crippen molar-refractivity contribution < 1.29 is 13.2 Å². The maximum atomic E-state index is 12.4. The number of carbonyl (C=O) groups excluding carboxylic acids is 1. The molecule has 0 saturated heterocycles. The second-order valence-corrected chi connectivity index (χ2v) is 5.88. The Bertz CT molecular complexity index is 649. The SMILES string of the molecule is CCN(CC(=O)NC)S(=O)(=O)c1ccc(C#N)cc1N. The molecule has 20 heavy (non-hydrogen) atoms. The Labute approximate surface area is 118 Å². The maximum absolute atomic E-state index is 12.4. The van der Waals surface area contributed by atoms with Crippen molar-refractivity contribution in [2.24, 2.45) is 0 Å². The van der Waals surface area contributed by atoms with Crippen LogP contribution in [0.3, 0.4) is 0 Å². The highest BCUT2D eigenvalue weighted by atomic mass is 32.2. The monoisotopic (exact) mass is 296 g/mol. The fourth-order valence-corrected chi connectivity index (χ4v) is 3.10. The van der Waals surface area contributed by atoms with Crippen molar-refractivity contribution in [2.45, 2.75) is 11.8 Å². The van der Waals surface area contributed by atoms with E-state index >= 15 is 0 Å². The molecule has 0 atom stereocenters. The minimum absolute atomic E-state index is 0.0144. The number of sulfonamides is 1. The Morgan fingerprint density at radius 1 is 1.50 bits per heavy atom. The van der Waals surface area contributed by atoms with Crippen LogP contribution in [0.25, 0.3) is 0 Å². The molecule has 0 heterocycles. The molecular weight excluding hydrogens is 280 g/mol. The fourth-order valence-electron chi connectivity index (χ4n) is 1.60. The van der Waals surface area contributed by atoms with Gasteiger partial charge in [-0.3, -0.25) is 4.79 Å². The minimum atomic E-state index is -3.87. The summed E-state index contributed by atoms with van der Waals surface area (Å²) < 4.78 is 25.9. The van der Waals surface area contributed by atoms with Gasteiger partial charge in [0.15, 0.2) is 0 Å². The molecule has 1 amide bonds. The lowest BCUT2D eigenvalue weighted by Gasteiger charge is -2.20. The largest absolute Gasteiger partial charge is 0.398 e. The fraction of sp³-hybridized carbons (Fsp3) is 0.333. The topological polar surface area (TPSA) is 116 Å². The van der Waals surface area contributed by atoms with E-state index in [1.807, 2.05) is 6.07 Å². The van der Waals surface area contributed by atoms with Crippen molar-refractivity contribution in [3.8, 4) is 6.07 Å². The van der Waals surface area contributed by atoms with Gasteiger partial charge in [-0.1, -0.05) is 6.92 Å². The average molecular weight is 296 g/mol. The minimum Gasteiger partial charge on any atom is -0.398 e. The first-order valence-corrected chi connectivity index (χ1v) is 7.31. The Kier molecular flexibility index (Phi) is 5.07. The van der Waals surface area contributed by atoms with Crippen LogP contribution in [-0.4, -0.2) is 38.8 Å². The van der Waals surface area contributed by atoms with E-state index in [9.17, 15) is 13.2 Å². The predicted octanol–water partition coefficient (Wildman–Crippen LogP) is -0.103. The quantitative estimate of drug-likeness (QED) is 0.736. The van der Waals surface area contributed by atoms with Crippen molar-refractivity contribution in [2.75, 3.05) is 25.9 Å². The number of nitrogens with one attached hydrogen (secondary N) is 1. The number of likely N-dealkylation sites (N-methyl/N-ethyl adjacent to an activating group) is 2. The molecule has 108 valence electrons. The average Bonchev–Trinajstić information content (AvgIpc) is 2.43. The molecule has 8 heteroatoms. The maximum Gasteiger partial charge on any atom is 0.245 e. The van der Waals surface area contributed by atoms with Gasteiger partial charge in [0.2, 0.25) is 15.9 Å². The summed E-state index contributed by atoms with van der Waals surface area (Å²) in [6.45, 7) is 1.48. The number of nitrogen functional groups attached to an aromatic ring is 1. The summed E-state index contributed by atoms with van der Waals surface area (Å²) in [5.74, 6) is -0.414. The van der Waals surface area contributed by atoms with Gasteiger partial charge < -0.3 is 11.1 Å². The van der Waals surface area contributed by atoms with Gasteiger partial charge in [0.25, 0.3) is 0 Å². The molecule has 0 spiro atoms. The second-order valence-electron chi connectivity index (χ2n) is 3.97. The van der Waals surface area contributed by atoms with Crippen molar-refractivity contribution >= 4 is 21.6 Å². The normalized spacial score (nSPS) is 11.1. The first-order chi connectivity index (χ1) is 9.36. The molecule has 0 aliphatic rings. The van der Waals surface area contributed by atoms with E-state index in [1.54, 1.807) is 6.92 Å². The van der Waals surface area contributed by atoms with Crippen LogP contribution in [0.15, 0.2) is 23.1 Å². The van der Waals surface area contributed by atoms with Crippen molar-refractivity contribution in [3.63, 3.8) is 0 Å². The Morgan fingerprint density at radius 3 is 2.60 bits per heavy atom. The van der Waals surface area contributed by atoms with Crippen molar-refractivity contribution in [1.82, 2.24) is 9.62 Å². The molecule has 7 nitrogen and oxygen atoms in total. The van der Waals surface area contributed by atoms with Crippen LogP contribution in [0.4, 0.5) is 5.69 Å². The summed E-state index contributed by atoms with van der Waals surface area (Å²) in [5.41, 5.74) is 5.94. The molecular formula is C12H16N4O3S. The molecule has 0 bridgehead atoms. The number of rotatable bonds is 5. The Balaban J connectivity index is 3.21. The lowest BCUT2D eigenvalue weighted by Crippen LogP contribution is -2.39. The van der Waals surface area contributed by atoms with Gasteiger partial charge in [-0.2, -0.15) is 9.57 Å². The van der Waals surface area contributed by atoms with Crippen LogP contribution in [-0.2, 0) is 14.8 Å². The zero-order chi connectivity index (χ0) is 15.3. The van der Waals surface area contributed by atoms with Crippen LogP contribution < -0.4 is 11.1 Å². The van der Waals surface area contributed by atoms with E-state index in [1.165, 1.54) is 25.2 Å². The van der Waals surface area contributed by atoms with E-state index in [0.29, 0.717) is 0 Å². The van der Waals surface area contributed by atoms with Gasteiger partial charge in [-0.15, -0.1) is 0 Å². The van der Waals surface area contributed by atoms with E-state index in [0.717, 1.165) is 4.31 Å². The molecule has 0 aliphatic carbocycles. The smallest absolute Gasteiger partial charge is 0.245 e. The Hall–Kier alpha value is -2.11. The van der Waals surface area contributed by atoms with E-state index < -0.39 is 15.9 Å². The summed E-state index contributed by atoms with van der Waals surface area (Å²) in [6, 6.07) is 5.82. The third-order valence-corrected chi connectivity index (χ3v) is 4.70. The number of anilines is 1. The van der Waals surface area contributed by atoms with Gasteiger partial charge in [-0.25, -0.2) is 8.42 Å². The van der Waals surface area contributed by atoms with Gasteiger partial charge in [0, 0.05) is 13.6 Å². The molecule has 1 rings (SSSR count). The van der Waals surface area contributed by atoms with Crippen LogP contribution in [0.2, 0.25) is 0 Å². The number of nitrogens with zero attached hydrogens (tertiary/aromatic N) is 2. The molecule has 0 aliphatic heterocycles. The number of carbonyl (C=O) groups is 1. The summed E-state index contributed by atoms with van der Waals surface area (Å²) >= 11 is 0. The third-order valence-electron chi connectivity index (χ3n) is 2.71. The van der Waals surface area contributed by atoms with Crippen molar-refractivity contribution in [1.29, 1.82) is 5.26 Å². The lowest BCUT2D eigenvalue weighted by molar-refractivity contribution is -0.120. The highest BCUT2D eigenvalue weighted by Crippen LogP contribution is 2.23. The summed E-state index contributed by atoms with van der Waals surface area (Å²) in [7, 11) is -2.44. The molecule has 0 aromatic heterocycles. The molecule has 3 N–H and O–H groups in total. The summed E-state index contributed by atoms with van der Waals surface area (Å²) in [5, 5.41) is 11.1. The van der Waals surface area contributed by atoms with Crippen LogP contribution in [0.5, 0.6) is 0 Å². The molecule has 0 unspecified atom stereocenters. The van der Waals surface area contributed by atoms with E-state index in [4.69, 9.17) is 11.0 Å². The van der Waals surface area contributed by atoms with Crippen LogP contribution >= 0.6 is 0 Å². The zero-order valence-electron chi connectivity index (χ0n) is 11.3. The summed E-state index contributed by atoms with van der Waals surface area (Å²) in [4.78, 5) is 11.2. The zero-order valence-corrected chi connectivity index (χ0v) is 12.1.